The van der Waals surface area contributed by atoms with Crippen molar-refractivity contribution >= 4 is 27.2 Å². The predicted molar refractivity (Wildman–Crippen MR) is 105 cm³/mol. The van der Waals surface area contributed by atoms with Gasteiger partial charge in [-0.3, -0.25) is 14.4 Å². The van der Waals surface area contributed by atoms with E-state index in [1.165, 1.54) is 10.1 Å². The Balaban J connectivity index is 1.45. The lowest BCUT2D eigenvalue weighted by Crippen LogP contribution is -2.36. The molecule has 1 aromatic carbocycles. The number of hydrogen-bond acceptors (Lipinski definition) is 5. The number of thiophene rings is 1. The summed E-state index contributed by atoms with van der Waals surface area (Å²) >= 11 is 1.72. The number of fused-ring (bicyclic) bond motifs is 1. The molecule has 3 heterocycles. The smallest absolute Gasteiger partial charge is 0.183 e. The van der Waals surface area contributed by atoms with Gasteiger partial charge in [0, 0.05) is 47.6 Å². The van der Waals surface area contributed by atoms with Gasteiger partial charge in [0.2, 0.25) is 0 Å². The molecular weight excluding hydrogens is 346 g/mol. The van der Waals surface area contributed by atoms with Gasteiger partial charge >= 0.3 is 0 Å². The maximum atomic E-state index is 12.6. The van der Waals surface area contributed by atoms with Crippen LogP contribution in [0.5, 0.6) is 0 Å². The lowest BCUT2D eigenvalue weighted by molar-refractivity contribution is 0.0371. The summed E-state index contributed by atoms with van der Waals surface area (Å²) in [6.07, 6.45) is 1.41. The molecule has 1 fully saturated rings. The van der Waals surface area contributed by atoms with Crippen LogP contribution in [-0.4, -0.2) is 53.3 Å². The van der Waals surface area contributed by atoms with E-state index in [4.69, 9.17) is 4.74 Å². The molecule has 0 aliphatic carbocycles. The highest BCUT2D eigenvalue weighted by Crippen LogP contribution is 2.34. The van der Waals surface area contributed by atoms with Gasteiger partial charge in [-0.15, -0.1) is 11.3 Å². The molecule has 136 valence electrons. The van der Waals surface area contributed by atoms with Crippen LogP contribution in [0.3, 0.4) is 0 Å². The van der Waals surface area contributed by atoms with E-state index < -0.39 is 0 Å². The molecule has 26 heavy (non-hydrogen) atoms. The summed E-state index contributed by atoms with van der Waals surface area (Å²) in [5.74, 6) is 0.125. The Kier molecular flexibility index (Phi) is 5.15. The monoisotopic (exact) mass is 369 g/mol. The van der Waals surface area contributed by atoms with Crippen LogP contribution in [0.1, 0.15) is 23.3 Å². The van der Waals surface area contributed by atoms with E-state index in [2.05, 4.69) is 33.6 Å². The van der Waals surface area contributed by atoms with E-state index in [-0.39, 0.29) is 5.78 Å². The van der Waals surface area contributed by atoms with Crippen molar-refractivity contribution in [2.45, 2.75) is 12.8 Å². The largest absolute Gasteiger partial charge is 0.379 e. The summed E-state index contributed by atoms with van der Waals surface area (Å²) in [5.41, 5.74) is 2.71. The van der Waals surface area contributed by atoms with Crippen LogP contribution < -0.4 is 0 Å². The SMILES string of the molecule is Cn1nc(C(=O)CCCN2CCOCC2)cc1-c1csc2ccccc12. The molecule has 0 atom stereocenters. The molecule has 0 bridgehead atoms. The molecule has 0 saturated carbocycles. The highest BCUT2D eigenvalue weighted by atomic mass is 32.1. The zero-order chi connectivity index (χ0) is 17.9. The summed E-state index contributed by atoms with van der Waals surface area (Å²) in [6, 6.07) is 10.3. The summed E-state index contributed by atoms with van der Waals surface area (Å²) in [6.45, 7) is 4.47. The average Bonchev–Trinajstić information content (AvgIpc) is 3.26. The van der Waals surface area contributed by atoms with Gasteiger partial charge in [0.15, 0.2) is 5.78 Å². The normalized spacial score (nSPS) is 15.6. The number of ether oxygens (including phenoxy) is 1. The molecule has 0 spiro atoms. The van der Waals surface area contributed by atoms with Crippen LogP contribution >= 0.6 is 11.3 Å². The number of morpholine rings is 1. The zero-order valence-corrected chi connectivity index (χ0v) is 15.8. The second-order valence-corrected chi connectivity index (χ2v) is 7.58. The van der Waals surface area contributed by atoms with E-state index in [0.29, 0.717) is 12.1 Å². The van der Waals surface area contributed by atoms with Gasteiger partial charge in [0.1, 0.15) is 5.69 Å². The third-order valence-electron chi connectivity index (χ3n) is 4.90. The molecule has 0 amide bonds. The van der Waals surface area contributed by atoms with Crippen molar-refractivity contribution in [3.63, 3.8) is 0 Å². The first-order chi connectivity index (χ1) is 12.7. The Morgan fingerprint density at radius 3 is 2.92 bits per heavy atom. The lowest BCUT2D eigenvalue weighted by Gasteiger charge is -2.26. The average molecular weight is 369 g/mol. The number of rotatable bonds is 6. The first-order valence-electron chi connectivity index (χ1n) is 9.06. The Morgan fingerprint density at radius 1 is 1.27 bits per heavy atom. The predicted octanol–water partition coefficient (Wildman–Crippen LogP) is 3.60. The van der Waals surface area contributed by atoms with Gasteiger partial charge in [0.25, 0.3) is 0 Å². The number of carbonyl (C=O) groups is 1. The molecule has 4 rings (SSSR count). The number of hydrogen-bond donors (Lipinski definition) is 0. The van der Waals surface area contributed by atoms with Crippen molar-refractivity contribution in [1.82, 2.24) is 14.7 Å². The summed E-state index contributed by atoms with van der Waals surface area (Å²) in [7, 11) is 1.91. The zero-order valence-electron chi connectivity index (χ0n) is 15.0. The molecule has 3 aromatic rings. The molecule has 0 unspecified atom stereocenters. The van der Waals surface area contributed by atoms with Gasteiger partial charge < -0.3 is 4.74 Å². The minimum atomic E-state index is 0.125. The second-order valence-electron chi connectivity index (χ2n) is 6.66. The maximum Gasteiger partial charge on any atom is 0.183 e. The lowest BCUT2D eigenvalue weighted by atomic mass is 10.1. The van der Waals surface area contributed by atoms with E-state index >= 15 is 0 Å². The minimum absolute atomic E-state index is 0.125. The first kappa shape index (κ1) is 17.4. The van der Waals surface area contributed by atoms with Crippen LogP contribution in [0.25, 0.3) is 21.3 Å². The summed E-state index contributed by atoms with van der Waals surface area (Å²) < 4.78 is 8.43. The van der Waals surface area contributed by atoms with E-state index in [1.807, 2.05) is 23.9 Å². The number of Topliss-reactive ketones (excluding diaryl/α,β-unsaturated/α-hetero) is 1. The Bertz CT molecular complexity index is 909. The van der Waals surface area contributed by atoms with Crippen LogP contribution in [0.4, 0.5) is 0 Å². The Hall–Kier alpha value is -2.02. The van der Waals surface area contributed by atoms with Crippen molar-refractivity contribution < 1.29 is 9.53 Å². The van der Waals surface area contributed by atoms with Crippen molar-refractivity contribution in [1.29, 1.82) is 0 Å². The standard InChI is InChI=1S/C20H23N3O2S/c1-22-18(16-14-26-20-7-3-2-5-15(16)20)13-17(21-22)19(24)6-4-8-23-9-11-25-12-10-23/h2-3,5,7,13-14H,4,6,8-12H2,1H3. The van der Waals surface area contributed by atoms with Crippen LogP contribution in [0.15, 0.2) is 35.7 Å². The third-order valence-corrected chi connectivity index (χ3v) is 5.87. The van der Waals surface area contributed by atoms with Crippen LogP contribution in [0.2, 0.25) is 0 Å². The molecule has 0 N–H and O–H groups in total. The number of ketones is 1. The van der Waals surface area contributed by atoms with Crippen LogP contribution in [0, 0.1) is 0 Å². The molecular formula is C20H23N3O2S. The van der Waals surface area contributed by atoms with Crippen LogP contribution in [-0.2, 0) is 11.8 Å². The van der Waals surface area contributed by atoms with Gasteiger partial charge in [-0.25, -0.2) is 0 Å². The van der Waals surface area contributed by atoms with Gasteiger partial charge in [-0.1, -0.05) is 18.2 Å². The highest BCUT2D eigenvalue weighted by molar-refractivity contribution is 7.17. The number of benzene rings is 1. The molecule has 1 saturated heterocycles. The highest BCUT2D eigenvalue weighted by Gasteiger charge is 2.17. The van der Waals surface area contributed by atoms with Gasteiger partial charge in [-0.05, 0) is 25.1 Å². The quantitative estimate of drug-likeness (QED) is 0.623. The third kappa shape index (κ3) is 3.58. The Morgan fingerprint density at radius 2 is 2.08 bits per heavy atom. The number of aryl methyl sites for hydroxylation is 1. The molecule has 6 heteroatoms. The maximum absolute atomic E-state index is 12.6. The van der Waals surface area contributed by atoms with E-state index in [9.17, 15) is 4.79 Å². The van der Waals surface area contributed by atoms with Crippen molar-refractivity contribution in [2.75, 3.05) is 32.8 Å². The molecule has 2 aromatic heterocycles. The number of aromatic nitrogens is 2. The molecule has 0 radical (unpaired) electrons. The molecule has 1 aliphatic rings. The first-order valence-corrected chi connectivity index (χ1v) is 9.94. The van der Waals surface area contributed by atoms with Gasteiger partial charge in [-0.2, -0.15) is 5.10 Å². The molecule has 1 aliphatic heterocycles. The second kappa shape index (κ2) is 7.70. The van der Waals surface area contributed by atoms with E-state index in [1.54, 1.807) is 11.3 Å². The van der Waals surface area contributed by atoms with Crippen molar-refractivity contribution in [2.24, 2.45) is 7.05 Å². The van der Waals surface area contributed by atoms with E-state index in [0.717, 1.165) is 50.5 Å². The minimum Gasteiger partial charge on any atom is -0.379 e. The fraction of sp³-hybridized carbons (Fsp3) is 0.400. The topological polar surface area (TPSA) is 47.4 Å². The summed E-state index contributed by atoms with van der Waals surface area (Å²) in [4.78, 5) is 14.9. The van der Waals surface area contributed by atoms with Crippen molar-refractivity contribution in [3.8, 4) is 11.3 Å². The summed E-state index contributed by atoms with van der Waals surface area (Å²) in [5, 5.41) is 7.84. The number of carbonyl (C=O) groups excluding carboxylic acids is 1. The fourth-order valence-electron chi connectivity index (χ4n) is 3.45. The van der Waals surface area contributed by atoms with Gasteiger partial charge in [0.05, 0.1) is 18.9 Å². The number of nitrogens with zero attached hydrogens (tertiary/aromatic N) is 3. The van der Waals surface area contributed by atoms with Crippen molar-refractivity contribution in [3.05, 3.63) is 41.4 Å². The Labute approximate surface area is 157 Å². The fourth-order valence-corrected chi connectivity index (χ4v) is 4.40. The molecule has 5 nitrogen and oxygen atoms in total.